The number of aliphatic hydroxyl groups excluding tert-OH is 1. The van der Waals surface area contributed by atoms with Crippen molar-refractivity contribution in [2.45, 2.75) is 52.1 Å². The Balaban J connectivity index is 2.62. The molecular weight excluding hydrogens is 471 g/mol. The van der Waals surface area contributed by atoms with Gasteiger partial charge in [-0.25, -0.2) is 4.98 Å². The van der Waals surface area contributed by atoms with Crippen LogP contribution in [0.25, 0.3) is 0 Å². The Morgan fingerprint density at radius 2 is 2.03 bits per heavy atom. The predicted octanol–water partition coefficient (Wildman–Crippen LogP) is 4.71. The zero-order chi connectivity index (χ0) is 27.3. The third-order valence-corrected chi connectivity index (χ3v) is 6.37. The van der Waals surface area contributed by atoms with E-state index >= 15 is 0 Å². The molecule has 0 spiro atoms. The van der Waals surface area contributed by atoms with Gasteiger partial charge in [0.2, 0.25) is 0 Å². The molecule has 2 rings (SSSR count). The quantitative estimate of drug-likeness (QED) is 0.208. The minimum atomic E-state index is -4.75. The van der Waals surface area contributed by atoms with Crippen LogP contribution < -0.4 is 10.6 Å². The standard InChI is InChI=1S/C26H36F3N5O2/c1-6-7-8-9-18(17(4)30)22(32)23-19(26(27,28)29)10-11-21(33-23)34-13-12-20(31)25(15-34,14-16(2)3)24(35)36-5/h6-11,16,20,24,30,32,35H,1,12-15,31H2,2-5H3/b8-7-,18-9+,30-17?,32-22?. The first-order chi connectivity index (χ1) is 16.8. The zero-order valence-corrected chi connectivity index (χ0v) is 21.2. The van der Waals surface area contributed by atoms with Crippen LogP contribution in [0.3, 0.4) is 0 Å². The summed E-state index contributed by atoms with van der Waals surface area (Å²) in [7, 11) is 1.39. The number of nitrogens with two attached hydrogens (primary N) is 1. The zero-order valence-electron chi connectivity index (χ0n) is 21.2. The van der Waals surface area contributed by atoms with Gasteiger partial charge in [-0.05, 0) is 37.8 Å². The summed E-state index contributed by atoms with van der Waals surface area (Å²) in [6.07, 6.45) is 1.03. The SMILES string of the molecule is C=C/C=C\C=C(/C(C)=N)C(=N)c1nc(N2CCC(N)C(CC(C)C)(C(O)OC)C2)ccc1C(F)(F)F. The number of alkyl halides is 3. The number of nitrogens with one attached hydrogen (secondary N) is 2. The Morgan fingerprint density at radius 3 is 2.56 bits per heavy atom. The Bertz CT molecular complexity index is 1030. The summed E-state index contributed by atoms with van der Waals surface area (Å²) in [6.45, 7) is 9.58. The Labute approximate surface area is 210 Å². The molecule has 3 unspecified atom stereocenters. The predicted molar refractivity (Wildman–Crippen MR) is 137 cm³/mol. The number of allylic oxidation sites excluding steroid dienone is 5. The van der Waals surface area contributed by atoms with Crippen molar-refractivity contribution in [3.63, 3.8) is 0 Å². The summed E-state index contributed by atoms with van der Waals surface area (Å²) in [6, 6.07) is 1.80. The first-order valence-corrected chi connectivity index (χ1v) is 11.7. The van der Waals surface area contributed by atoms with Crippen LogP contribution in [0, 0.1) is 22.2 Å². The van der Waals surface area contributed by atoms with Crippen molar-refractivity contribution in [1.82, 2.24) is 4.98 Å². The lowest BCUT2D eigenvalue weighted by Crippen LogP contribution is -2.61. The van der Waals surface area contributed by atoms with Crippen LogP contribution in [0.2, 0.25) is 0 Å². The molecule has 0 aromatic carbocycles. The highest BCUT2D eigenvalue weighted by atomic mass is 19.4. The molecule has 0 saturated carbocycles. The van der Waals surface area contributed by atoms with Gasteiger partial charge in [0, 0.05) is 37.5 Å². The topological polar surface area (TPSA) is 119 Å². The molecule has 1 aliphatic heterocycles. The number of piperidine rings is 1. The molecule has 3 atom stereocenters. The summed E-state index contributed by atoms with van der Waals surface area (Å²) in [5, 5.41) is 27.3. The maximum absolute atomic E-state index is 13.9. The molecule has 0 aliphatic carbocycles. The Morgan fingerprint density at radius 1 is 1.36 bits per heavy atom. The molecule has 7 nitrogen and oxygen atoms in total. The van der Waals surface area contributed by atoms with Gasteiger partial charge in [-0.15, -0.1) is 0 Å². The van der Waals surface area contributed by atoms with E-state index < -0.39 is 34.9 Å². The van der Waals surface area contributed by atoms with E-state index in [2.05, 4.69) is 11.6 Å². The van der Waals surface area contributed by atoms with E-state index in [0.29, 0.717) is 19.4 Å². The highest BCUT2D eigenvalue weighted by molar-refractivity contribution is 6.27. The molecule has 5 N–H and O–H groups in total. The van der Waals surface area contributed by atoms with Gasteiger partial charge in [0.25, 0.3) is 0 Å². The molecule has 0 radical (unpaired) electrons. The third kappa shape index (κ3) is 6.48. The van der Waals surface area contributed by atoms with Gasteiger partial charge in [0.05, 0.1) is 16.7 Å². The molecule has 1 aromatic rings. The maximum Gasteiger partial charge on any atom is 0.418 e. The first-order valence-electron chi connectivity index (χ1n) is 11.7. The van der Waals surface area contributed by atoms with Gasteiger partial charge in [-0.2, -0.15) is 13.2 Å². The molecule has 2 heterocycles. The van der Waals surface area contributed by atoms with E-state index in [0.717, 1.165) is 6.07 Å². The second-order valence-electron chi connectivity index (χ2n) is 9.50. The van der Waals surface area contributed by atoms with Crippen molar-refractivity contribution in [3.8, 4) is 0 Å². The molecule has 1 fully saturated rings. The first kappa shape index (κ1) is 29.4. The smallest absolute Gasteiger partial charge is 0.367 e. The lowest BCUT2D eigenvalue weighted by atomic mass is 9.70. The van der Waals surface area contributed by atoms with Crippen LogP contribution in [-0.4, -0.2) is 54.0 Å². The van der Waals surface area contributed by atoms with E-state index in [1.165, 1.54) is 38.3 Å². The van der Waals surface area contributed by atoms with Crippen LogP contribution in [-0.2, 0) is 10.9 Å². The number of nitrogens with zero attached hydrogens (tertiary/aromatic N) is 2. The lowest BCUT2D eigenvalue weighted by molar-refractivity contribution is -0.173. The van der Waals surface area contributed by atoms with E-state index in [4.69, 9.17) is 21.3 Å². The Hall–Kier alpha value is -2.82. The van der Waals surface area contributed by atoms with Crippen molar-refractivity contribution < 1.29 is 23.0 Å². The molecule has 36 heavy (non-hydrogen) atoms. The molecule has 0 amide bonds. The maximum atomic E-state index is 13.9. The molecule has 0 bridgehead atoms. The van der Waals surface area contributed by atoms with Crippen molar-refractivity contribution in [3.05, 3.63) is 59.8 Å². The second kappa shape index (κ2) is 11.9. The normalized spacial score (nSPS) is 22.2. The molecule has 1 aliphatic rings. The van der Waals surface area contributed by atoms with Crippen molar-refractivity contribution in [2.75, 3.05) is 25.1 Å². The highest BCUT2D eigenvalue weighted by Crippen LogP contribution is 2.41. The monoisotopic (exact) mass is 507 g/mol. The van der Waals surface area contributed by atoms with Gasteiger partial charge in [0.1, 0.15) is 11.5 Å². The van der Waals surface area contributed by atoms with Gasteiger partial charge >= 0.3 is 6.18 Å². The number of ether oxygens (including phenoxy) is 1. The molecule has 198 valence electrons. The van der Waals surface area contributed by atoms with E-state index in [1.807, 2.05) is 13.8 Å². The van der Waals surface area contributed by atoms with Crippen molar-refractivity contribution in [1.29, 1.82) is 10.8 Å². The fraction of sp³-hybridized carbons (Fsp3) is 0.500. The summed E-state index contributed by atoms with van der Waals surface area (Å²) >= 11 is 0. The van der Waals surface area contributed by atoms with Gasteiger partial charge in [-0.1, -0.05) is 44.7 Å². The number of anilines is 1. The van der Waals surface area contributed by atoms with Crippen molar-refractivity contribution >= 4 is 17.2 Å². The number of pyridine rings is 1. The number of aromatic nitrogens is 1. The van der Waals surface area contributed by atoms with E-state index in [1.54, 1.807) is 11.0 Å². The number of methoxy groups -OCH3 is 1. The average Bonchev–Trinajstić information content (AvgIpc) is 2.80. The minimum Gasteiger partial charge on any atom is -0.367 e. The lowest BCUT2D eigenvalue weighted by Gasteiger charge is -2.50. The molecule has 1 saturated heterocycles. The van der Waals surface area contributed by atoms with Gasteiger partial charge in [0.15, 0.2) is 6.29 Å². The third-order valence-electron chi connectivity index (χ3n) is 6.37. The van der Waals surface area contributed by atoms with Crippen LogP contribution in [0.5, 0.6) is 0 Å². The van der Waals surface area contributed by atoms with Crippen molar-refractivity contribution in [2.24, 2.45) is 17.1 Å². The van der Waals surface area contributed by atoms with Crippen LogP contribution in [0.1, 0.15) is 44.9 Å². The van der Waals surface area contributed by atoms with Crippen LogP contribution in [0.15, 0.2) is 48.6 Å². The Kier molecular flexibility index (Phi) is 9.76. The summed E-state index contributed by atoms with van der Waals surface area (Å²) in [5.74, 6) is 0.409. The number of hydrogen-bond donors (Lipinski definition) is 4. The fourth-order valence-corrected chi connectivity index (χ4v) is 4.70. The molecule has 10 heteroatoms. The van der Waals surface area contributed by atoms with Crippen LogP contribution in [0.4, 0.5) is 19.0 Å². The summed E-state index contributed by atoms with van der Waals surface area (Å²) in [4.78, 5) is 6.07. The second-order valence-corrected chi connectivity index (χ2v) is 9.50. The van der Waals surface area contributed by atoms with E-state index in [-0.39, 0.29) is 35.6 Å². The number of hydrogen-bond acceptors (Lipinski definition) is 7. The van der Waals surface area contributed by atoms with Gasteiger partial charge < -0.3 is 25.9 Å². The number of aliphatic hydroxyl groups is 1. The fourth-order valence-electron chi connectivity index (χ4n) is 4.70. The van der Waals surface area contributed by atoms with E-state index in [9.17, 15) is 18.3 Å². The summed E-state index contributed by atoms with van der Waals surface area (Å²) < 4.78 is 47.0. The molecule has 1 aromatic heterocycles. The highest BCUT2D eigenvalue weighted by Gasteiger charge is 2.48. The van der Waals surface area contributed by atoms with Crippen LogP contribution >= 0.6 is 0 Å². The molecular formula is C26H36F3N5O2. The average molecular weight is 508 g/mol. The minimum absolute atomic E-state index is 0.00729. The number of halogens is 3. The van der Waals surface area contributed by atoms with Gasteiger partial charge in [-0.3, -0.25) is 5.41 Å². The largest absolute Gasteiger partial charge is 0.418 e. The summed E-state index contributed by atoms with van der Waals surface area (Å²) in [5.41, 5.74) is 3.40. The number of rotatable bonds is 10.